The first kappa shape index (κ1) is 24.4. The lowest BCUT2D eigenvalue weighted by Crippen LogP contribution is -2.38. The number of carbonyl (C=O) groups is 2. The van der Waals surface area contributed by atoms with E-state index in [1.807, 2.05) is 0 Å². The van der Waals surface area contributed by atoms with Crippen LogP contribution in [0.1, 0.15) is 49.8 Å². The lowest BCUT2D eigenvalue weighted by Gasteiger charge is -2.35. The van der Waals surface area contributed by atoms with Gasteiger partial charge in [-0.05, 0) is 56.2 Å². The largest absolute Gasteiger partial charge is 0.460 e. The molecule has 2 aromatic rings. The van der Waals surface area contributed by atoms with Crippen LogP contribution < -0.4 is 0 Å². The van der Waals surface area contributed by atoms with Crippen LogP contribution >= 0.6 is 0 Å². The first-order chi connectivity index (χ1) is 15.4. The molecule has 1 unspecified atom stereocenters. The lowest BCUT2D eigenvalue weighted by molar-refractivity contribution is -0.144. The van der Waals surface area contributed by atoms with Gasteiger partial charge in [-0.2, -0.15) is 13.2 Å². The molecule has 0 aliphatic carbocycles. The highest BCUT2D eigenvalue weighted by Gasteiger charge is 2.38. The van der Waals surface area contributed by atoms with E-state index in [1.165, 1.54) is 24.0 Å². The van der Waals surface area contributed by atoms with E-state index in [-0.39, 0.29) is 29.8 Å². The highest BCUT2D eigenvalue weighted by Crippen LogP contribution is 2.39. The zero-order chi connectivity index (χ0) is 24.5. The average Bonchev–Trinajstić information content (AvgIpc) is 2.68. The minimum Gasteiger partial charge on any atom is -0.460 e. The molecule has 0 saturated heterocycles. The molecule has 3 rings (SSSR count). The van der Waals surface area contributed by atoms with E-state index >= 15 is 0 Å². The van der Waals surface area contributed by atoms with E-state index in [0.717, 1.165) is 24.3 Å². The van der Waals surface area contributed by atoms with Crippen molar-refractivity contribution < 1.29 is 36.3 Å². The number of amides is 1. The zero-order valence-electron chi connectivity index (χ0n) is 18.2. The van der Waals surface area contributed by atoms with Crippen LogP contribution in [-0.2, 0) is 27.0 Å². The second-order valence-electron chi connectivity index (χ2n) is 8.09. The van der Waals surface area contributed by atoms with E-state index in [9.17, 15) is 31.5 Å². The van der Waals surface area contributed by atoms with Gasteiger partial charge in [0.25, 0.3) is 0 Å². The number of benzene rings is 2. The summed E-state index contributed by atoms with van der Waals surface area (Å²) in [7, 11) is 0. The van der Waals surface area contributed by atoms with E-state index in [4.69, 9.17) is 4.74 Å². The molecule has 33 heavy (non-hydrogen) atoms. The Bertz CT molecular complexity index is 1070. The highest BCUT2D eigenvalue weighted by molar-refractivity contribution is 5.96. The van der Waals surface area contributed by atoms with E-state index in [0.29, 0.717) is 11.6 Å². The smallest absolute Gasteiger partial charge is 0.416 e. The van der Waals surface area contributed by atoms with E-state index in [1.54, 1.807) is 13.8 Å². The SMILES string of the molecule is CC1=C(C(=O)OC(C)C)C(c2ccc(C(F)(F)F)cc2)CC(=O)N1Cc1cc(F)cc(F)c1. The Morgan fingerprint density at radius 1 is 1.09 bits per heavy atom. The van der Waals surface area contributed by atoms with Gasteiger partial charge in [-0.3, -0.25) is 4.79 Å². The van der Waals surface area contributed by atoms with Crippen molar-refractivity contribution in [2.45, 2.75) is 51.9 Å². The molecule has 2 aromatic carbocycles. The van der Waals surface area contributed by atoms with Crippen LogP contribution in [-0.4, -0.2) is 22.9 Å². The fraction of sp³-hybridized carbons (Fsp3) is 0.333. The van der Waals surface area contributed by atoms with Crippen molar-refractivity contribution in [3.05, 3.63) is 82.1 Å². The van der Waals surface area contributed by atoms with Gasteiger partial charge in [0.2, 0.25) is 5.91 Å². The monoisotopic (exact) mass is 467 g/mol. The van der Waals surface area contributed by atoms with Crippen LogP contribution in [0.4, 0.5) is 22.0 Å². The summed E-state index contributed by atoms with van der Waals surface area (Å²) < 4.78 is 71.4. The number of hydrogen-bond donors (Lipinski definition) is 0. The number of allylic oxidation sites excluding steroid dienone is 1. The molecule has 1 amide bonds. The first-order valence-electron chi connectivity index (χ1n) is 10.2. The highest BCUT2D eigenvalue weighted by atomic mass is 19.4. The van der Waals surface area contributed by atoms with Gasteiger partial charge in [0.05, 0.1) is 23.8 Å². The zero-order valence-corrected chi connectivity index (χ0v) is 18.2. The van der Waals surface area contributed by atoms with Crippen LogP contribution in [0.25, 0.3) is 0 Å². The number of alkyl halides is 3. The van der Waals surface area contributed by atoms with Crippen molar-refractivity contribution >= 4 is 11.9 Å². The summed E-state index contributed by atoms with van der Waals surface area (Å²) in [5.41, 5.74) is 0.00849. The van der Waals surface area contributed by atoms with E-state index < -0.39 is 47.3 Å². The van der Waals surface area contributed by atoms with Gasteiger partial charge in [0.1, 0.15) is 11.6 Å². The molecule has 1 heterocycles. The molecule has 0 aromatic heterocycles. The standard InChI is InChI=1S/C24H22F5NO3/c1-13(2)33-23(32)22-14(3)30(12-15-8-18(25)10-19(26)9-15)21(31)11-20(22)16-4-6-17(7-5-16)24(27,28)29/h4-10,13,20H,11-12H2,1-3H3. The third-order valence-corrected chi connectivity index (χ3v) is 5.29. The molecule has 1 atom stereocenters. The van der Waals surface area contributed by atoms with Crippen molar-refractivity contribution in [1.29, 1.82) is 0 Å². The Labute approximate surface area is 187 Å². The van der Waals surface area contributed by atoms with Crippen molar-refractivity contribution in [3.63, 3.8) is 0 Å². The number of nitrogens with zero attached hydrogens (tertiary/aromatic N) is 1. The van der Waals surface area contributed by atoms with Crippen molar-refractivity contribution in [2.24, 2.45) is 0 Å². The molecular formula is C24H22F5NO3. The molecule has 9 heteroatoms. The third kappa shape index (κ3) is 5.58. The van der Waals surface area contributed by atoms with Crippen LogP contribution in [0.15, 0.2) is 53.7 Å². The number of carbonyl (C=O) groups excluding carboxylic acids is 2. The summed E-state index contributed by atoms with van der Waals surface area (Å²) in [6.07, 6.45) is -5.22. The maximum atomic E-state index is 13.6. The maximum Gasteiger partial charge on any atom is 0.416 e. The van der Waals surface area contributed by atoms with Crippen LogP contribution in [0, 0.1) is 11.6 Å². The van der Waals surface area contributed by atoms with Gasteiger partial charge >= 0.3 is 12.1 Å². The summed E-state index contributed by atoms with van der Waals surface area (Å²) in [6.45, 7) is 4.60. The van der Waals surface area contributed by atoms with Gasteiger partial charge in [0.15, 0.2) is 0 Å². The molecule has 0 bridgehead atoms. The second kappa shape index (κ2) is 9.33. The number of hydrogen-bond acceptors (Lipinski definition) is 3. The molecular weight excluding hydrogens is 445 g/mol. The van der Waals surface area contributed by atoms with Gasteiger partial charge in [-0.25, -0.2) is 13.6 Å². The molecule has 0 radical (unpaired) electrons. The summed E-state index contributed by atoms with van der Waals surface area (Å²) in [5.74, 6) is -3.60. The Balaban J connectivity index is 2.04. The Hall–Kier alpha value is -3.23. The number of esters is 1. The molecule has 176 valence electrons. The maximum absolute atomic E-state index is 13.6. The fourth-order valence-electron chi connectivity index (χ4n) is 3.82. The van der Waals surface area contributed by atoms with Crippen molar-refractivity contribution in [1.82, 2.24) is 4.90 Å². The molecule has 1 aliphatic rings. The molecule has 1 aliphatic heterocycles. The molecule has 0 spiro atoms. The van der Waals surface area contributed by atoms with Gasteiger partial charge in [-0.1, -0.05) is 12.1 Å². The average molecular weight is 467 g/mol. The van der Waals surface area contributed by atoms with Gasteiger partial charge in [-0.15, -0.1) is 0 Å². The number of halogens is 5. The molecule has 0 N–H and O–H groups in total. The Kier molecular flexibility index (Phi) is 6.90. The number of rotatable bonds is 5. The summed E-state index contributed by atoms with van der Waals surface area (Å²) in [6, 6.07) is 7.11. The lowest BCUT2D eigenvalue weighted by atomic mass is 9.83. The summed E-state index contributed by atoms with van der Waals surface area (Å²) in [4.78, 5) is 27.1. The molecule has 0 saturated carbocycles. The second-order valence-corrected chi connectivity index (χ2v) is 8.09. The normalized spacial score (nSPS) is 17.1. The molecule has 0 fully saturated rings. The Morgan fingerprint density at radius 3 is 2.18 bits per heavy atom. The minimum atomic E-state index is -4.52. The quantitative estimate of drug-likeness (QED) is 0.417. The number of ether oxygens (including phenoxy) is 1. The topological polar surface area (TPSA) is 46.6 Å². The Morgan fingerprint density at radius 2 is 1.67 bits per heavy atom. The van der Waals surface area contributed by atoms with Gasteiger partial charge < -0.3 is 9.64 Å². The predicted octanol–water partition coefficient (Wildman–Crippen LogP) is 5.73. The van der Waals surface area contributed by atoms with Crippen LogP contribution in [0.3, 0.4) is 0 Å². The van der Waals surface area contributed by atoms with Crippen molar-refractivity contribution in [2.75, 3.05) is 0 Å². The minimum absolute atomic E-state index is 0.111. The van der Waals surface area contributed by atoms with Crippen LogP contribution in [0.5, 0.6) is 0 Å². The predicted molar refractivity (Wildman–Crippen MR) is 110 cm³/mol. The third-order valence-electron chi connectivity index (χ3n) is 5.29. The summed E-state index contributed by atoms with van der Waals surface area (Å²) in [5, 5.41) is 0. The van der Waals surface area contributed by atoms with Crippen molar-refractivity contribution in [3.8, 4) is 0 Å². The molecule has 4 nitrogen and oxygen atoms in total. The van der Waals surface area contributed by atoms with E-state index in [2.05, 4.69) is 0 Å². The van der Waals surface area contributed by atoms with Crippen LogP contribution in [0.2, 0.25) is 0 Å². The fourth-order valence-corrected chi connectivity index (χ4v) is 3.82. The van der Waals surface area contributed by atoms with Gasteiger partial charge in [0, 0.05) is 24.1 Å². The first-order valence-corrected chi connectivity index (χ1v) is 10.2. The summed E-state index contributed by atoms with van der Waals surface area (Å²) >= 11 is 0.